The van der Waals surface area contributed by atoms with Crippen LogP contribution in [0.5, 0.6) is 0 Å². The van der Waals surface area contributed by atoms with Crippen LogP contribution in [0.1, 0.15) is 32.0 Å². The van der Waals surface area contributed by atoms with E-state index in [0.29, 0.717) is 18.8 Å². The molecular formula is C18H25N5O. The fourth-order valence-corrected chi connectivity index (χ4v) is 3.28. The van der Waals surface area contributed by atoms with Gasteiger partial charge in [0.2, 0.25) is 5.91 Å². The number of para-hydroxylation sites is 1. The van der Waals surface area contributed by atoms with E-state index >= 15 is 0 Å². The van der Waals surface area contributed by atoms with E-state index in [1.54, 1.807) is 6.33 Å². The Morgan fingerprint density at radius 1 is 1.38 bits per heavy atom. The van der Waals surface area contributed by atoms with Gasteiger partial charge in [0.15, 0.2) is 0 Å². The third-order valence-corrected chi connectivity index (χ3v) is 4.77. The molecule has 0 aliphatic carbocycles. The van der Waals surface area contributed by atoms with E-state index in [2.05, 4.69) is 10.2 Å². The van der Waals surface area contributed by atoms with Crippen molar-refractivity contribution in [3.8, 4) is 5.69 Å². The van der Waals surface area contributed by atoms with Gasteiger partial charge >= 0.3 is 0 Å². The van der Waals surface area contributed by atoms with E-state index in [9.17, 15) is 4.79 Å². The Kier molecular flexibility index (Phi) is 5.25. The van der Waals surface area contributed by atoms with E-state index in [-0.39, 0.29) is 11.9 Å². The van der Waals surface area contributed by atoms with Gasteiger partial charge in [0.1, 0.15) is 12.2 Å². The third kappa shape index (κ3) is 3.82. The summed E-state index contributed by atoms with van der Waals surface area (Å²) in [5.41, 5.74) is 7.02. The Morgan fingerprint density at radius 2 is 2.17 bits per heavy atom. The van der Waals surface area contributed by atoms with Crippen molar-refractivity contribution >= 4 is 5.91 Å². The van der Waals surface area contributed by atoms with Gasteiger partial charge in [0.25, 0.3) is 0 Å². The molecule has 2 heterocycles. The van der Waals surface area contributed by atoms with E-state index in [4.69, 9.17) is 5.73 Å². The van der Waals surface area contributed by atoms with Gasteiger partial charge in [0.05, 0.1) is 0 Å². The number of hydrogen-bond acceptors (Lipinski definition) is 4. The average Bonchev–Trinajstić information content (AvgIpc) is 3.09. The molecule has 1 aromatic carbocycles. The van der Waals surface area contributed by atoms with Crippen LogP contribution in [0.25, 0.3) is 5.69 Å². The number of hydrogen-bond donors (Lipinski definition) is 1. The highest BCUT2D eigenvalue weighted by atomic mass is 16.2. The Hall–Kier alpha value is -2.21. The quantitative estimate of drug-likeness (QED) is 0.908. The molecule has 6 nitrogen and oxygen atoms in total. The topological polar surface area (TPSA) is 77.0 Å². The van der Waals surface area contributed by atoms with Gasteiger partial charge in [0, 0.05) is 37.7 Å². The highest BCUT2D eigenvalue weighted by molar-refractivity contribution is 5.76. The first-order valence-corrected chi connectivity index (χ1v) is 8.63. The lowest BCUT2D eigenvalue weighted by Gasteiger charge is -2.34. The van der Waals surface area contributed by atoms with Crippen LogP contribution in [0.3, 0.4) is 0 Å². The van der Waals surface area contributed by atoms with E-state index in [1.807, 2.05) is 46.7 Å². The second kappa shape index (κ2) is 7.57. The molecule has 0 saturated carbocycles. The zero-order valence-electron chi connectivity index (χ0n) is 14.1. The summed E-state index contributed by atoms with van der Waals surface area (Å²) in [5.74, 6) is 1.41. The summed E-state index contributed by atoms with van der Waals surface area (Å²) in [7, 11) is 0. The molecule has 2 aromatic rings. The van der Waals surface area contributed by atoms with Gasteiger partial charge in [-0.15, -0.1) is 10.2 Å². The predicted octanol–water partition coefficient (Wildman–Crippen LogP) is 1.79. The molecule has 0 unspecified atom stereocenters. The lowest BCUT2D eigenvalue weighted by Crippen LogP contribution is -2.45. The minimum atomic E-state index is 0.141. The zero-order valence-corrected chi connectivity index (χ0v) is 14.1. The van der Waals surface area contributed by atoms with Gasteiger partial charge in [-0.1, -0.05) is 18.2 Å². The number of rotatable bonds is 5. The highest BCUT2D eigenvalue weighted by Crippen LogP contribution is 2.20. The van der Waals surface area contributed by atoms with E-state index < -0.39 is 0 Å². The molecule has 0 bridgehead atoms. The maximum Gasteiger partial charge on any atom is 0.223 e. The molecule has 0 spiro atoms. The molecular weight excluding hydrogens is 302 g/mol. The molecule has 2 atom stereocenters. The minimum Gasteiger partial charge on any atom is -0.342 e. The molecule has 3 rings (SSSR count). The summed E-state index contributed by atoms with van der Waals surface area (Å²) in [6.07, 6.45) is 4.90. The Morgan fingerprint density at radius 3 is 2.92 bits per heavy atom. The zero-order chi connectivity index (χ0) is 16.9. The number of amides is 1. The second-order valence-corrected chi connectivity index (χ2v) is 6.55. The van der Waals surface area contributed by atoms with Crippen LogP contribution in [0.4, 0.5) is 0 Å². The molecule has 128 valence electrons. The van der Waals surface area contributed by atoms with Gasteiger partial charge in [-0.3, -0.25) is 9.36 Å². The number of piperidine rings is 1. The lowest BCUT2D eigenvalue weighted by atomic mass is 9.92. The van der Waals surface area contributed by atoms with Crippen LogP contribution >= 0.6 is 0 Å². The highest BCUT2D eigenvalue weighted by Gasteiger charge is 2.25. The Balaban J connectivity index is 1.60. The molecule has 1 aromatic heterocycles. The van der Waals surface area contributed by atoms with Gasteiger partial charge in [-0.2, -0.15) is 0 Å². The predicted molar refractivity (Wildman–Crippen MR) is 92.6 cm³/mol. The molecule has 1 saturated heterocycles. The van der Waals surface area contributed by atoms with Crippen molar-refractivity contribution in [1.82, 2.24) is 19.7 Å². The standard InChI is InChI=1S/C18H25N5O/c1-14(19)15-6-5-11-22(12-15)18(24)10-9-17-21-20-13-23(17)16-7-3-2-4-8-16/h2-4,7-8,13-15H,5-6,9-12,19H2,1H3/t14-,15-/m0/s1. The van der Waals surface area contributed by atoms with Crippen molar-refractivity contribution in [1.29, 1.82) is 0 Å². The van der Waals surface area contributed by atoms with Crippen LogP contribution in [0.15, 0.2) is 36.7 Å². The Bertz CT molecular complexity index is 667. The molecule has 0 radical (unpaired) electrons. The number of carbonyl (C=O) groups is 1. The maximum atomic E-state index is 12.5. The average molecular weight is 327 g/mol. The smallest absolute Gasteiger partial charge is 0.223 e. The van der Waals surface area contributed by atoms with Crippen LogP contribution in [-0.2, 0) is 11.2 Å². The van der Waals surface area contributed by atoms with Crippen molar-refractivity contribution in [2.75, 3.05) is 13.1 Å². The summed E-state index contributed by atoms with van der Waals surface area (Å²) in [6.45, 7) is 3.65. The first-order chi connectivity index (χ1) is 11.6. The van der Waals surface area contributed by atoms with Crippen LogP contribution in [0, 0.1) is 5.92 Å². The Labute approximate surface area is 142 Å². The minimum absolute atomic E-state index is 0.141. The summed E-state index contributed by atoms with van der Waals surface area (Å²) in [4.78, 5) is 14.5. The van der Waals surface area contributed by atoms with Crippen molar-refractivity contribution < 1.29 is 4.79 Å². The number of nitrogens with two attached hydrogens (primary N) is 1. The molecule has 6 heteroatoms. The van der Waals surface area contributed by atoms with Crippen molar-refractivity contribution in [3.05, 3.63) is 42.5 Å². The number of nitrogens with zero attached hydrogens (tertiary/aromatic N) is 4. The summed E-state index contributed by atoms with van der Waals surface area (Å²) >= 11 is 0. The van der Waals surface area contributed by atoms with Gasteiger partial charge in [-0.05, 0) is 37.8 Å². The molecule has 1 aliphatic heterocycles. The fourth-order valence-electron chi connectivity index (χ4n) is 3.28. The summed E-state index contributed by atoms with van der Waals surface area (Å²) in [5, 5.41) is 8.17. The number of aromatic nitrogens is 3. The van der Waals surface area contributed by atoms with Crippen LogP contribution in [0.2, 0.25) is 0 Å². The molecule has 1 aliphatic rings. The molecule has 1 amide bonds. The number of benzene rings is 1. The summed E-state index contributed by atoms with van der Waals surface area (Å²) in [6, 6.07) is 10.1. The number of carbonyl (C=O) groups excluding carboxylic acids is 1. The van der Waals surface area contributed by atoms with Gasteiger partial charge < -0.3 is 10.6 Å². The van der Waals surface area contributed by atoms with E-state index in [0.717, 1.165) is 37.4 Å². The normalized spacial score (nSPS) is 19.2. The third-order valence-electron chi connectivity index (χ3n) is 4.77. The number of likely N-dealkylation sites (tertiary alicyclic amines) is 1. The SMILES string of the molecule is C[C@H](N)[C@H]1CCCN(C(=O)CCc2nncn2-c2ccccc2)C1. The maximum absolute atomic E-state index is 12.5. The van der Waals surface area contributed by atoms with Crippen molar-refractivity contribution in [2.45, 2.75) is 38.6 Å². The molecule has 24 heavy (non-hydrogen) atoms. The fraction of sp³-hybridized carbons (Fsp3) is 0.500. The van der Waals surface area contributed by atoms with Crippen LogP contribution in [-0.4, -0.2) is 44.7 Å². The van der Waals surface area contributed by atoms with Gasteiger partial charge in [-0.25, -0.2) is 0 Å². The largest absolute Gasteiger partial charge is 0.342 e. The van der Waals surface area contributed by atoms with Crippen molar-refractivity contribution in [2.24, 2.45) is 11.7 Å². The van der Waals surface area contributed by atoms with Crippen molar-refractivity contribution in [3.63, 3.8) is 0 Å². The number of aryl methyl sites for hydroxylation is 1. The van der Waals surface area contributed by atoms with Crippen LogP contribution < -0.4 is 5.73 Å². The summed E-state index contributed by atoms with van der Waals surface area (Å²) < 4.78 is 1.94. The van der Waals surface area contributed by atoms with E-state index in [1.165, 1.54) is 0 Å². The lowest BCUT2D eigenvalue weighted by molar-refractivity contribution is -0.133. The first-order valence-electron chi connectivity index (χ1n) is 8.63. The molecule has 1 fully saturated rings. The molecule has 2 N–H and O–H groups in total. The monoisotopic (exact) mass is 327 g/mol. The second-order valence-electron chi connectivity index (χ2n) is 6.55. The first kappa shape index (κ1) is 16.6.